The molecule has 0 aliphatic heterocycles. The summed E-state index contributed by atoms with van der Waals surface area (Å²) >= 11 is 6.07. The molecule has 100 valence electrons. The summed E-state index contributed by atoms with van der Waals surface area (Å²) in [4.78, 5) is 14.1. The highest BCUT2D eigenvalue weighted by Gasteiger charge is 2.07. The Morgan fingerprint density at radius 1 is 1.21 bits per heavy atom. The zero-order valence-corrected chi connectivity index (χ0v) is 11.7. The van der Waals surface area contributed by atoms with Gasteiger partial charge in [-0.15, -0.1) is 0 Å². The Morgan fingerprint density at radius 2 is 1.95 bits per heavy atom. The summed E-state index contributed by atoms with van der Waals surface area (Å²) in [6, 6.07) is 5.63. The molecule has 3 N–H and O–H groups in total. The number of nitrogens with one attached hydrogen (secondary N) is 1. The summed E-state index contributed by atoms with van der Waals surface area (Å²) in [7, 11) is 3.67. The van der Waals surface area contributed by atoms with Gasteiger partial charge >= 0.3 is 0 Å². The molecule has 0 atom stereocenters. The molecule has 1 aromatic heterocycles. The summed E-state index contributed by atoms with van der Waals surface area (Å²) < 4.78 is 0. The Labute approximate surface area is 116 Å². The second-order valence-electron chi connectivity index (χ2n) is 4.30. The third-order valence-electron chi connectivity index (χ3n) is 2.47. The zero-order chi connectivity index (χ0) is 14.0. The van der Waals surface area contributed by atoms with Gasteiger partial charge in [-0.3, -0.25) is 0 Å². The lowest BCUT2D eigenvalue weighted by Gasteiger charge is -2.12. The van der Waals surface area contributed by atoms with Crippen molar-refractivity contribution in [3.05, 3.63) is 28.8 Å². The third-order valence-corrected chi connectivity index (χ3v) is 2.88. The molecule has 6 nitrogen and oxygen atoms in total. The van der Waals surface area contributed by atoms with Gasteiger partial charge in [-0.2, -0.15) is 15.0 Å². The van der Waals surface area contributed by atoms with Crippen molar-refractivity contribution < 1.29 is 0 Å². The number of rotatable bonds is 3. The van der Waals surface area contributed by atoms with E-state index in [1.54, 1.807) is 4.90 Å². The molecule has 0 bridgehead atoms. The van der Waals surface area contributed by atoms with Crippen molar-refractivity contribution in [2.24, 2.45) is 0 Å². The van der Waals surface area contributed by atoms with E-state index >= 15 is 0 Å². The Kier molecular flexibility index (Phi) is 3.71. The minimum absolute atomic E-state index is 0.166. The Balaban J connectivity index is 2.29. The van der Waals surface area contributed by atoms with Crippen LogP contribution in [-0.4, -0.2) is 29.0 Å². The van der Waals surface area contributed by atoms with Crippen molar-refractivity contribution in [3.8, 4) is 0 Å². The molecule has 2 rings (SSSR count). The summed E-state index contributed by atoms with van der Waals surface area (Å²) in [6.07, 6.45) is 0. The van der Waals surface area contributed by atoms with E-state index in [1.165, 1.54) is 0 Å². The average molecular weight is 279 g/mol. The highest BCUT2D eigenvalue weighted by Crippen LogP contribution is 2.22. The highest BCUT2D eigenvalue weighted by atomic mass is 35.5. The second kappa shape index (κ2) is 5.27. The van der Waals surface area contributed by atoms with E-state index in [4.69, 9.17) is 17.3 Å². The van der Waals surface area contributed by atoms with Crippen molar-refractivity contribution in [3.63, 3.8) is 0 Å². The smallest absolute Gasteiger partial charge is 0.233 e. The van der Waals surface area contributed by atoms with Crippen molar-refractivity contribution >= 4 is 35.1 Å². The molecule has 0 aliphatic rings. The number of benzene rings is 1. The first-order chi connectivity index (χ1) is 8.95. The molecule has 2 aromatic rings. The van der Waals surface area contributed by atoms with Gasteiger partial charge in [-0.05, 0) is 24.6 Å². The standard InChI is InChI=1S/C12H15ClN6/c1-7-4-5-8(6-9(7)13)15-11-16-10(14)17-12(18-11)19(2)3/h4-6H,1-3H3,(H3,14,15,16,17,18). The largest absolute Gasteiger partial charge is 0.368 e. The van der Waals surface area contributed by atoms with E-state index in [2.05, 4.69) is 20.3 Å². The molecule has 7 heteroatoms. The Hall–Kier alpha value is -2.08. The molecule has 0 spiro atoms. The van der Waals surface area contributed by atoms with Crippen LogP contribution in [0.5, 0.6) is 0 Å². The van der Waals surface area contributed by atoms with Gasteiger partial charge < -0.3 is 16.0 Å². The molecule has 0 saturated carbocycles. The first-order valence-corrected chi connectivity index (χ1v) is 6.05. The van der Waals surface area contributed by atoms with E-state index in [9.17, 15) is 0 Å². The van der Waals surface area contributed by atoms with E-state index in [0.717, 1.165) is 11.3 Å². The number of aryl methyl sites for hydroxylation is 1. The van der Waals surface area contributed by atoms with Crippen LogP contribution < -0.4 is 16.0 Å². The van der Waals surface area contributed by atoms with Crippen LogP contribution in [0.1, 0.15) is 5.56 Å². The van der Waals surface area contributed by atoms with Crippen LogP contribution in [0.3, 0.4) is 0 Å². The van der Waals surface area contributed by atoms with Gasteiger partial charge in [0.1, 0.15) is 0 Å². The van der Waals surface area contributed by atoms with Crippen LogP contribution in [0.4, 0.5) is 23.5 Å². The number of hydrogen-bond acceptors (Lipinski definition) is 6. The number of halogens is 1. The number of aromatic nitrogens is 3. The molecule has 19 heavy (non-hydrogen) atoms. The van der Waals surface area contributed by atoms with Gasteiger partial charge in [-0.25, -0.2) is 0 Å². The average Bonchev–Trinajstić information content (AvgIpc) is 2.33. The molecule has 1 aromatic carbocycles. The maximum atomic E-state index is 6.07. The first kappa shape index (κ1) is 13.4. The predicted molar refractivity (Wildman–Crippen MR) is 78.0 cm³/mol. The monoisotopic (exact) mass is 278 g/mol. The molecular weight excluding hydrogens is 264 g/mol. The minimum atomic E-state index is 0.166. The number of anilines is 4. The van der Waals surface area contributed by atoms with Gasteiger partial charge in [0.25, 0.3) is 0 Å². The lowest BCUT2D eigenvalue weighted by Crippen LogP contribution is -2.15. The van der Waals surface area contributed by atoms with Crippen molar-refractivity contribution in [1.29, 1.82) is 0 Å². The molecule has 0 fully saturated rings. The van der Waals surface area contributed by atoms with Crippen LogP contribution in [0.2, 0.25) is 5.02 Å². The highest BCUT2D eigenvalue weighted by molar-refractivity contribution is 6.31. The fourth-order valence-corrected chi connectivity index (χ4v) is 1.62. The van der Waals surface area contributed by atoms with Crippen LogP contribution in [-0.2, 0) is 0 Å². The van der Waals surface area contributed by atoms with Crippen molar-refractivity contribution in [1.82, 2.24) is 15.0 Å². The Bertz CT molecular complexity index is 599. The molecule has 0 unspecified atom stereocenters. The minimum Gasteiger partial charge on any atom is -0.368 e. The fraction of sp³-hybridized carbons (Fsp3) is 0.250. The number of nitrogens with zero attached hydrogens (tertiary/aromatic N) is 4. The second-order valence-corrected chi connectivity index (χ2v) is 4.71. The van der Waals surface area contributed by atoms with Gasteiger partial charge in [0.15, 0.2) is 0 Å². The van der Waals surface area contributed by atoms with Crippen LogP contribution >= 0.6 is 11.6 Å². The third kappa shape index (κ3) is 3.23. The van der Waals surface area contributed by atoms with Crippen molar-refractivity contribution in [2.45, 2.75) is 6.92 Å². The molecule has 0 saturated heterocycles. The topological polar surface area (TPSA) is 80.0 Å². The van der Waals surface area contributed by atoms with E-state index in [-0.39, 0.29) is 5.95 Å². The summed E-state index contributed by atoms with van der Waals surface area (Å²) in [5.41, 5.74) is 7.46. The summed E-state index contributed by atoms with van der Waals surface area (Å²) in [5, 5.41) is 3.74. The van der Waals surface area contributed by atoms with Crippen molar-refractivity contribution in [2.75, 3.05) is 30.0 Å². The lowest BCUT2D eigenvalue weighted by molar-refractivity contribution is 0.969. The predicted octanol–water partition coefficient (Wildman–Crippen LogP) is 2.23. The summed E-state index contributed by atoms with van der Waals surface area (Å²) in [6.45, 7) is 1.94. The maximum absolute atomic E-state index is 6.07. The number of nitrogen functional groups attached to an aromatic ring is 1. The van der Waals surface area contributed by atoms with Gasteiger partial charge in [-0.1, -0.05) is 17.7 Å². The maximum Gasteiger partial charge on any atom is 0.233 e. The molecule has 1 heterocycles. The van der Waals surface area contributed by atoms with E-state index in [1.807, 2.05) is 39.2 Å². The molecule has 0 amide bonds. The van der Waals surface area contributed by atoms with E-state index in [0.29, 0.717) is 16.9 Å². The molecular formula is C12H15ClN6. The fourth-order valence-electron chi connectivity index (χ4n) is 1.44. The van der Waals surface area contributed by atoms with Gasteiger partial charge in [0.2, 0.25) is 17.8 Å². The van der Waals surface area contributed by atoms with Gasteiger partial charge in [0.05, 0.1) is 0 Å². The quantitative estimate of drug-likeness (QED) is 0.896. The molecule has 0 aliphatic carbocycles. The summed E-state index contributed by atoms with van der Waals surface area (Å²) in [5.74, 6) is 1.05. The SMILES string of the molecule is Cc1ccc(Nc2nc(N)nc(N(C)C)n2)cc1Cl. The van der Waals surface area contributed by atoms with Crippen LogP contribution in [0, 0.1) is 6.92 Å². The van der Waals surface area contributed by atoms with Crippen LogP contribution in [0.15, 0.2) is 18.2 Å². The number of hydrogen-bond donors (Lipinski definition) is 2. The first-order valence-electron chi connectivity index (χ1n) is 5.68. The van der Waals surface area contributed by atoms with Crippen LogP contribution in [0.25, 0.3) is 0 Å². The number of nitrogens with two attached hydrogens (primary N) is 1. The zero-order valence-electron chi connectivity index (χ0n) is 11.0. The lowest BCUT2D eigenvalue weighted by atomic mass is 10.2. The Morgan fingerprint density at radius 3 is 2.58 bits per heavy atom. The van der Waals surface area contributed by atoms with Gasteiger partial charge in [0, 0.05) is 24.8 Å². The van der Waals surface area contributed by atoms with E-state index < -0.39 is 0 Å². The molecule has 0 radical (unpaired) electrons. The normalized spacial score (nSPS) is 10.3.